The van der Waals surface area contributed by atoms with Gasteiger partial charge in [0.2, 0.25) is 0 Å². The minimum atomic E-state index is -0.0540. The van der Waals surface area contributed by atoms with Crippen LogP contribution in [0.5, 0.6) is 6.01 Å². The van der Waals surface area contributed by atoms with Crippen molar-refractivity contribution in [2.45, 2.75) is 32.8 Å². The van der Waals surface area contributed by atoms with E-state index in [-0.39, 0.29) is 12.0 Å². The molecule has 1 atom stereocenters. The molecule has 0 saturated carbocycles. The van der Waals surface area contributed by atoms with Gasteiger partial charge in [0, 0.05) is 24.5 Å². The van der Waals surface area contributed by atoms with Crippen LogP contribution in [0.4, 0.5) is 0 Å². The molecule has 1 unspecified atom stereocenters. The summed E-state index contributed by atoms with van der Waals surface area (Å²) in [5.41, 5.74) is 3.07. The lowest BCUT2D eigenvalue weighted by atomic mass is 10.0. The molecule has 1 saturated heterocycles. The van der Waals surface area contributed by atoms with Crippen molar-refractivity contribution >= 4 is 5.91 Å². The third-order valence-corrected chi connectivity index (χ3v) is 4.23. The highest BCUT2D eigenvalue weighted by molar-refractivity contribution is 5.94. The molecule has 0 aliphatic carbocycles. The van der Waals surface area contributed by atoms with Crippen molar-refractivity contribution in [3.63, 3.8) is 0 Å². The van der Waals surface area contributed by atoms with Crippen LogP contribution in [0.2, 0.25) is 0 Å². The summed E-state index contributed by atoms with van der Waals surface area (Å²) in [5.74, 6) is 0.0652. The van der Waals surface area contributed by atoms with E-state index in [1.54, 1.807) is 18.5 Å². The third kappa shape index (κ3) is 3.67. The van der Waals surface area contributed by atoms with Crippen LogP contribution in [0.15, 0.2) is 36.7 Å². The minimum Gasteiger partial charge on any atom is -0.458 e. The van der Waals surface area contributed by atoms with Crippen LogP contribution in [0.25, 0.3) is 0 Å². The van der Waals surface area contributed by atoms with Gasteiger partial charge < -0.3 is 9.64 Å². The van der Waals surface area contributed by atoms with E-state index in [1.807, 2.05) is 36.9 Å². The average Bonchev–Trinajstić information content (AvgIpc) is 2.58. The molecular weight excluding hydrogens is 290 g/mol. The number of likely N-dealkylation sites (tertiary alicyclic amines) is 1. The number of amides is 1. The number of aromatic nitrogens is 2. The Labute approximate surface area is 136 Å². The molecule has 120 valence electrons. The van der Waals surface area contributed by atoms with E-state index >= 15 is 0 Å². The first-order valence-corrected chi connectivity index (χ1v) is 7.93. The molecule has 0 N–H and O–H groups in total. The number of hydrogen-bond acceptors (Lipinski definition) is 4. The van der Waals surface area contributed by atoms with Gasteiger partial charge >= 0.3 is 6.01 Å². The summed E-state index contributed by atoms with van der Waals surface area (Å²) < 4.78 is 5.80. The molecule has 0 bridgehead atoms. The molecular formula is C18H21N3O2. The molecule has 1 aliphatic heterocycles. The molecule has 5 heteroatoms. The normalized spacial score (nSPS) is 17.8. The first kappa shape index (κ1) is 15.5. The lowest BCUT2D eigenvalue weighted by molar-refractivity contribution is 0.0515. The summed E-state index contributed by atoms with van der Waals surface area (Å²) in [6, 6.07) is 7.98. The Hall–Kier alpha value is -2.43. The van der Waals surface area contributed by atoms with E-state index in [0.29, 0.717) is 12.6 Å². The zero-order chi connectivity index (χ0) is 16.2. The van der Waals surface area contributed by atoms with Crippen molar-refractivity contribution in [1.29, 1.82) is 0 Å². The van der Waals surface area contributed by atoms with Gasteiger partial charge in [-0.1, -0.05) is 6.07 Å². The lowest BCUT2D eigenvalue weighted by Crippen LogP contribution is -2.44. The maximum absolute atomic E-state index is 12.7. The van der Waals surface area contributed by atoms with E-state index in [2.05, 4.69) is 9.97 Å². The van der Waals surface area contributed by atoms with Crippen LogP contribution in [0.1, 0.15) is 34.3 Å². The fourth-order valence-electron chi connectivity index (χ4n) is 2.77. The summed E-state index contributed by atoms with van der Waals surface area (Å²) in [5, 5.41) is 0. The van der Waals surface area contributed by atoms with E-state index in [0.717, 1.165) is 30.5 Å². The molecule has 1 fully saturated rings. The van der Waals surface area contributed by atoms with Gasteiger partial charge in [-0.15, -0.1) is 0 Å². The molecule has 23 heavy (non-hydrogen) atoms. The number of hydrogen-bond donors (Lipinski definition) is 0. The summed E-state index contributed by atoms with van der Waals surface area (Å²) in [7, 11) is 0. The molecule has 1 aromatic carbocycles. The maximum Gasteiger partial charge on any atom is 0.316 e. The van der Waals surface area contributed by atoms with Crippen molar-refractivity contribution in [2.24, 2.45) is 0 Å². The number of piperidine rings is 1. The molecule has 2 aromatic rings. The molecule has 1 aliphatic rings. The van der Waals surface area contributed by atoms with E-state index in [1.165, 1.54) is 5.56 Å². The first-order chi connectivity index (χ1) is 11.1. The number of carbonyl (C=O) groups excluding carboxylic acids is 1. The summed E-state index contributed by atoms with van der Waals surface area (Å²) in [6.45, 7) is 5.42. The van der Waals surface area contributed by atoms with Gasteiger partial charge in [0.1, 0.15) is 6.10 Å². The number of nitrogens with zero attached hydrogens (tertiary/aromatic N) is 3. The standard InChI is InChI=1S/C18H21N3O2/c1-13-6-7-15(11-14(13)2)17(22)21-10-3-5-16(12-21)23-18-19-8-4-9-20-18/h4,6-9,11,16H,3,5,10,12H2,1-2H3. The average molecular weight is 311 g/mol. The van der Waals surface area contributed by atoms with Crippen molar-refractivity contribution < 1.29 is 9.53 Å². The van der Waals surface area contributed by atoms with E-state index in [9.17, 15) is 4.79 Å². The van der Waals surface area contributed by atoms with E-state index in [4.69, 9.17) is 4.74 Å². The van der Waals surface area contributed by atoms with Gasteiger partial charge in [-0.2, -0.15) is 0 Å². The Morgan fingerprint density at radius 1 is 1.22 bits per heavy atom. The zero-order valence-electron chi connectivity index (χ0n) is 13.5. The van der Waals surface area contributed by atoms with Gasteiger partial charge in [0.05, 0.1) is 6.54 Å². The first-order valence-electron chi connectivity index (χ1n) is 7.93. The van der Waals surface area contributed by atoms with E-state index < -0.39 is 0 Å². The molecule has 1 aromatic heterocycles. The fraction of sp³-hybridized carbons (Fsp3) is 0.389. The molecule has 1 amide bonds. The fourth-order valence-corrected chi connectivity index (χ4v) is 2.77. The quantitative estimate of drug-likeness (QED) is 0.874. The second kappa shape index (κ2) is 6.77. The summed E-state index contributed by atoms with van der Waals surface area (Å²) in [6.07, 6.45) is 5.09. The minimum absolute atomic E-state index is 0.0540. The Morgan fingerprint density at radius 3 is 2.74 bits per heavy atom. The van der Waals surface area contributed by atoms with Gasteiger partial charge in [-0.05, 0) is 56.0 Å². The van der Waals surface area contributed by atoms with Crippen LogP contribution >= 0.6 is 0 Å². The molecule has 2 heterocycles. The Balaban J connectivity index is 1.68. The van der Waals surface area contributed by atoms with Crippen molar-refractivity contribution in [3.05, 3.63) is 53.3 Å². The number of ether oxygens (including phenoxy) is 1. The maximum atomic E-state index is 12.7. The highest BCUT2D eigenvalue weighted by atomic mass is 16.5. The predicted molar refractivity (Wildman–Crippen MR) is 87.5 cm³/mol. The Bertz CT molecular complexity index is 688. The molecule has 5 nitrogen and oxygen atoms in total. The lowest BCUT2D eigenvalue weighted by Gasteiger charge is -2.32. The topological polar surface area (TPSA) is 55.3 Å². The highest BCUT2D eigenvalue weighted by Gasteiger charge is 2.26. The van der Waals surface area contributed by atoms with Crippen molar-refractivity contribution in [3.8, 4) is 6.01 Å². The molecule has 0 radical (unpaired) electrons. The van der Waals surface area contributed by atoms with Crippen LogP contribution < -0.4 is 4.74 Å². The largest absolute Gasteiger partial charge is 0.458 e. The van der Waals surface area contributed by atoms with Gasteiger partial charge in [-0.25, -0.2) is 9.97 Å². The third-order valence-electron chi connectivity index (χ3n) is 4.23. The summed E-state index contributed by atoms with van der Waals surface area (Å²) >= 11 is 0. The number of aryl methyl sites for hydroxylation is 2. The van der Waals surface area contributed by atoms with Crippen molar-refractivity contribution in [2.75, 3.05) is 13.1 Å². The van der Waals surface area contributed by atoms with Crippen molar-refractivity contribution in [1.82, 2.24) is 14.9 Å². The molecule has 3 rings (SSSR count). The van der Waals surface area contributed by atoms with Crippen LogP contribution in [-0.2, 0) is 0 Å². The second-order valence-corrected chi connectivity index (χ2v) is 5.96. The van der Waals surface area contributed by atoms with Crippen LogP contribution in [0.3, 0.4) is 0 Å². The smallest absolute Gasteiger partial charge is 0.316 e. The zero-order valence-corrected chi connectivity index (χ0v) is 13.5. The summed E-state index contributed by atoms with van der Waals surface area (Å²) in [4.78, 5) is 22.7. The van der Waals surface area contributed by atoms with Gasteiger partial charge in [0.25, 0.3) is 5.91 Å². The van der Waals surface area contributed by atoms with Gasteiger partial charge in [-0.3, -0.25) is 4.79 Å². The Morgan fingerprint density at radius 2 is 2.00 bits per heavy atom. The predicted octanol–water partition coefficient (Wildman–Crippen LogP) is 2.78. The number of benzene rings is 1. The van der Waals surface area contributed by atoms with Gasteiger partial charge in [0.15, 0.2) is 0 Å². The number of carbonyl (C=O) groups is 1. The molecule has 0 spiro atoms. The van der Waals surface area contributed by atoms with Crippen LogP contribution in [0, 0.1) is 13.8 Å². The van der Waals surface area contributed by atoms with Crippen LogP contribution in [-0.4, -0.2) is 40.0 Å². The second-order valence-electron chi connectivity index (χ2n) is 5.96. The monoisotopic (exact) mass is 311 g/mol. The highest BCUT2D eigenvalue weighted by Crippen LogP contribution is 2.18. The Kier molecular flexibility index (Phi) is 4.55. The SMILES string of the molecule is Cc1ccc(C(=O)N2CCCC(Oc3ncccn3)C2)cc1C. The number of rotatable bonds is 3.